The number of hydrogen-bond acceptors (Lipinski definition) is 8. The molecular formula is C17H26N2O8. The van der Waals surface area contributed by atoms with Gasteiger partial charge < -0.3 is 24.3 Å². The molecule has 1 aliphatic heterocycles. The third-order valence-electron chi connectivity index (χ3n) is 3.45. The van der Waals surface area contributed by atoms with Gasteiger partial charge in [0, 0.05) is 31.7 Å². The minimum Gasteiger partial charge on any atom is -0.469 e. The minimum absolute atomic E-state index is 0.0538. The Balaban J connectivity index is 1.84. The van der Waals surface area contributed by atoms with Crippen LogP contribution in [0.15, 0.2) is 12.2 Å². The zero-order valence-electron chi connectivity index (χ0n) is 15.4. The summed E-state index contributed by atoms with van der Waals surface area (Å²) in [4.78, 5) is 46.1. The monoisotopic (exact) mass is 386 g/mol. The first-order valence-corrected chi connectivity index (χ1v) is 8.65. The lowest BCUT2D eigenvalue weighted by Gasteiger charge is -2.13. The van der Waals surface area contributed by atoms with Gasteiger partial charge in [-0.15, -0.1) is 0 Å². The van der Waals surface area contributed by atoms with E-state index in [0.29, 0.717) is 46.2 Å². The van der Waals surface area contributed by atoms with Crippen LogP contribution in [0.25, 0.3) is 0 Å². The summed E-state index contributed by atoms with van der Waals surface area (Å²) < 4.78 is 20.2. The average Bonchev–Trinajstić information content (AvgIpc) is 2.98. The van der Waals surface area contributed by atoms with Crippen LogP contribution in [0.2, 0.25) is 0 Å². The van der Waals surface area contributed by atoms with E-state index in [2.05, 4.69) is 10.1 Å². The second-order valence-corrected chi connectivity index (χ2v) is 5.42. The zero-order chi connectivity index (χ0) is 19.9. The molecule has 1 N–H and O–H groups in total. The summed E-state index contributed by atoms with van der Waals surface area (Å²) in [6.45, 7) is 2.55. The first kappa shape index (κ1) is 22.7. The van der Waals surface area contributed by atoms with Crippen molar-refractivity contribution >= 4 is 23.7 Å². The summed E-state index contributed by atoms with van der Waals surface area (Å²) in [5, 5.41) is 2.64. The summed E-state index contributed by atoms with van der Waals surface area (Å²) in [6.07, 6.45) is 2.64. The fourth-order valence-electron chi connectivity index (χ4n) is 2.02. The highest BCUT2D eigenvalue weighted by Crippen LogP contribution is 2.03. The number of carbonyl (C=O) groups excluding carboxylic acids is 4. The molecule has 3 amide bonds. The third kappa shape index (κ3) is 10.4. The van der Waals surface area contributed by atoms with Gasteiger partial charge in [-0.05, 0) is 0 Å². The molecule has 0 atom stereocenters. The molecule has 0 bridgehead atoms. The molecule has 0 aromatic heterocycles. The summed E-state index contributed by atoms with van der Waals surface area (Å²) in [6, 6.07) is 0. The second-order valence-electron chi connectivity index (χ2n) is 5.42. The van der Waals surface area contributed by atoms with Crippen LogP contribution in [0.4, 0.5) is 0 Å². The molecule has 0 aromatic rings. The molecular weight excluding hydrogens is 360 g/mol. The van der Waals surface area contributed by atoms with Crippen molar-refractivity contribution < 1.29 is 38.1 Å². The molecule has 0 unspecified atom stereocenters. The van der Waals surface area contributed by atoms with Crippen molar-refractivity contribution in [2.75, 3.05) is 59.8 Å². The Hall–Kier alpha value is -2.30. The predicted octanol–water partition coefficient (Wildman–Crippen LogP) is -0.969. The Morgan fingerprint density at radius 3 is 2.04 bits per heavy atom. The summed E-state index contributed by atoms with van der Waals surface area (Å²) in [5.41, 5.74) is 0. The number of imide groups is 1. The van der Waals surface area contributed by atoms with Gasteiger partial charge in [-0.1, -0.05) is 0 Å². The number of carbonyl (C=O) groups is 4. The van der Waals surface area contributed by atoms with Gasteiger partial charge in [-0.2, -0.15) is 0 Å². The highest BCUT2D eigenvalue weighted by atomic mass is 16.5. The van der Waals surface area contributed by atoms with Gasteiger partial charge in [-0.25, -0.2) is 0 Å². The van der Waals surface area contributed by atoms with Gasteiger partial charge in [0.1, 0.15) is 0 Å². The Kier molecular flexibility index (Phi) is 11.7. The van der Waals surface area contributed by atoms with Crippen LogP contribution in [0, 0.1) is 0 Å². The van der Waals surface area contributed by atoms with Crippen LogP contribution >= 0.6 is 0 Å². The quantitative estimate of drug-likeness (QED) is 0.217. The Morgan fingerprint density at radius 2 is 1.44 bits per heavy atom. The van der Waals surface area contributed by atoms with E-state index in [0.717, 1.165) is 4.90 Å². The van der Waals surface area contributed by atoms with Gasteiger partial charge in [-0.3, -0.25) is 24.1 Å². The molecule has 27 heavy (non-hydrogen) atoms. The van der Waals surface area contributed by atoms with Crippen LogP contribution in [0.5, 0.6) is 0 Å². The second kappa shape index (κ2) is 13.8. The highest BCUT2D eigenvalue weighted by Gasteiger charge is 2.23. The van der Waals surface area contributed by atoms with Crippen LogP contribution in [0.3, 0.4) is 0 Å². The summed E-state index contributed by atoms with van der Waals surface area (Å²) >= 11 is 0. The highest BCUT2D eigenvalue weighted by molar-refractivity contribution is 6.13. The largest absolute Gasteiger partial charge is 0.469 e. The maximum atomic E-state index is 11.6. The molecule has 1 heterocycles. The molecule has 0 saturated heterocycles. The smallest absolute Gasteiger partial charge is 0.307 e. The number of hydrogen-bond donors (Lipinski definition) is 1. The number of nitrogens with zero attached hydrogens (tertiary/aromatic N) is 1. The number of rotatable bonds is 15. The normalized spacial score (nSPS) is 13.3. The van der Waals surface area contributed by atoms with E-state index in [9.17, 15) is 19.2 Å². The maximum absolute atomic E-state index is 11.6. The van der Waals surface area contributed by atoms with E-state index in [1.54, 1.807) is 0 Å². The van der Waals surface area contributed by atoms with Crippen molar-refractivity contribution in [2.24, 2.45) is 0 Å². The number of ether oxygens (including phenoxy) is 4. The van der Waals surface area contributed by atoms with E-state index in [1.807, 2.05) is 0 Å². The minimum atomic E-state index is -0.398. The van der Waals surface area contributed by atoms with Crippen LogP contribution in [-0.4, -0.2) is 88.4 Å². The third-order valence-corrected chi connectivity index (χ3v) is 3.45. The topological polar surface area (TPSA) is 120 Å². The Labute approximate surface area is 157 Å². The number of methoxy groups -OCH3 is 1. The van der Waals surface area contributed by atoms with Crippen molar-refractivity contribution in [3.63, 3.8) is 0 Å². The molecule has 0 fully saturated rings. The fourth-order valence-corrected chi connectivity index (χ4v) is 2.02. The molecule has 0 aromatic carbocycles. The van der Waals surface area contributed by atoms with Crippen LogP contribution in [0.1, 0.15) is 12.8 Å². The number of amides is 3. The standard InChI is InChI=1S/C17H26N2O8/c1-24-17(23)5-8-25-10-12-27-13-11-26-9-6-18-14(20)4-7-19-15(21)2-3-16(19)22/h2-3H,4-13H2,1H3,(H,18,20). The summed E-state index contributed by atoms with van der Waals surface area (Å²) in [5.74, 6) is -1.37. The molecule has 10 heteroatoms. The maximum Gasteiger partial charge on any atom is 0.307 e. The van der Waals surface area contributed by atoms with Gasteiger partial charge in [0.2, 0.25) is 5.91 Å². The fraction of sp³-hybridized carbons (Fsp3) is 0.647. The van der Waals surface area contributed by atoms with E-state index >= 15 is 0 Å². The molecule has 0 aliphatic carbocycles. The first-order valence-electron chi connectivity index (χ1n) is 8.65. The number of esters is 1. The van der Waals surface area contributed by atoms with Gasteiger partial charge in [0.05, 0.1) is 53.2 Å². The lowest BCUT2D eigenvalue weighted by molar-refractivity contribution is -0.142. The molecule has 152 valence electrons. The number of nitrogens with one attached hydrogen (secondary N) is 1. The van der Waals surface area contributed by atoms with E-state index in [4.69, 9.17) is 14.2 Å². The van der Waals surface area contributed by atoms with Crippen molar-refractivity contribution in [3.8, 4) is 0 Å². The average molecular weight is 386 g/mol. The molecule has 10 nitrogen and oxygen atoms in total. The van der Waals surface area contributed by atoms with Crippen molar-refractivity contribution in [3.05, 3.63) is 12.2 Å². The molecule has 0 spiro atoms. The summed E-state index contributed by atoms with van der Waals surface area (Å²) in [7, 11) is 1.33. The van der Waals surface area contributed by atoms with E-state index in [1.165, 1.54) is 19.3 Å². The van der Waals surface area contributed by atoms with Crippen molar-refractivity contribution in [2.45, 2.75) is 12.8 Å². The lowest BCUT2D eigenvalue weighted by atomic mass is 10.3. The Morgan fingerprint density at radius 1 is 0.889 bits per heavy atom. The van der Waals surface area contributed by atoms with E-state index in [-0.39, 0.29) is 31.3 Å². The van der Waals surface area contributed by atoms with Crippen LogP contribution < -0.4 is 5.32 Å². The van der Waals surface area contributed by atoms with Gasteiger partial charge in [0.15, 0.2) is 0 Å². The van der Waals surface area contributed by atoms with Crippen LogP contribution in [-0.2, 0) is 38.1 Å². The zero-order valence-corrected chi connectivity index (χ0v) is 15.4. The van der Waals surface area contributed by atoms with Gasteiger partial charge in [0.25, 0.3) is 11.8 Å². The molecule has 0 saturated carbocycles. The van der Waals surface area contributed by atoms with Gasteiger partial charge >= 0.3 is 5.97 Å². The lowest BCUT2D eigenvalue weighted by Crippen LogP contribution is -2.35. The van der Waals surface area contributed by atoms with Crippen molar-refractivity contribution in [1.29, 1.82) is 0 Å². The van der Waals surface area contributed by atoms with Crippen molar-refractivity contribution in [1.82, 2.24) is 10.2 Å². The molecule has 0 radical (unpaired) electrons. The molecule has 1 rings (SSSR count). The first-order chi connectivity index (χ1) is 13.0. The van der Waals surface area contributed by atoms with E-state index < -0.39 is 11.8 Å². The Bertz CT molecular complexity index is 517. The SMILES string of the molecule is COC(=O)CCOCCOCCOCCNC(=O)CCN1C(=O)C=CC1=O. The predicted molar refractivity (Wildman–Crippen MR) is 92.6 cm³/mol. The molecule has 1 aliphatic rings.